The fraction of sp³-hybridized carbons (Fsp3) is 0.722. The number of amides is 1. The van der Waals surface area contributed by atoms with Crippen molar-refractivity contribution < 1.29 is 9.53 Å². The van der Waals surface area contributed by atoms with Crippen molar-refractivity contribution in [3.05, 3.63) is 11.9 Å². The normalized spacial score (nSPS) is 19.0. The number of aromatic nitrogens is 2. The zero-order chi connectivity index (χ0) is 18.5. The van der Waals surface area contributed by atoms with Crippen LogP contribution in [0.4, 0.5) is 16.4 Å². The Morgan fingerprint density at radius 2 is 1.50 bits per heavy atom. The summed E-state index contributed by atoms with van der Waals surface area (Å²) in [6.45, 7) is 14.5. The van der Waals surface area contributed by atoms with Crippen LogP contribution in [0.3, 0.4) is 0 Å². The van der Waals surface area contributed by atoms with Gasteiger partial charge in [0.25, 0.3) is 0 Å². The van der Waals surface area contributed by atoms with Gasteiger partial charge in [0.15, 0.2) is 0 Å². The molecule has 1 amide bonds. The monoisotopic (exact) mass is 362 g/mol. The van der Waals surface area contributed by atoms with E-state index in [0.717, 1.165) is 63.3 Å². The van der Waals surface area contributed by atoms with Crippen molar-refractivity contribution in [2.75, 3.05) is 75.3 Å². The SMILES string of the molecule is CCOC(=O)N1CCN(c2cc(N3CCN(CC)CC3)nc(C)n2)CC1. The molecule has 0 unspecified atom stereocenters. The van der Waals surface area contributed by atoms with E-state index >= 15 is 0 Å². The van der Waals surface area contributed by atoms with E-state index in [1.54, 1.807) is 4.90 Å². The maximum Gasteiger partial charge on any atom is 0.409 e. The van der Waals surface area contributed by atoms with Crippen molar-refractivity contribution in [1.29, 1.82) is 0 Å². The number of anilines is 2. The highest BCUT2D eigenvalue weighted by Gasteiger charge is 2.24. The van der Waals surface area contributed by atoms with E-state index in [2.05, 4.69) is 37.7 Å². The highest BCUT2D eigenvalue weighted by Crippen LogP contribution is 2.21. The second-order valence-corrected chi connectivity index (χ2v) is 6.73. The number of carbonyl (C=O) groups is 1. The number of piperazine rings is 2. The van der Waals surface area contributed by atoms with Gasteiger partial charge >= 0.3 is 6.09 Å². The van der Waals surface area contributed by atoms with Gasteiger partial charge in [-0.3, -0.25) is 0 Å². The third-order valence-corrected chi connectivity index (χ3v) is 5.08. The van der Waals surface area contributed by atoms with Gasteiger partial charge in [0.05, 0.1) is 6.61 Å². The summed E-state index contributed by atoms with van der Waals surface area (Å²) in [6, 6.07) is 2.09. The molecule has 8 heteroatoms. The predicted octanol–water partition coefficient (Wildman–Crippen LogP) is 1.21. The second kappa shape index (κ2) is 8.53. The van der Waals surface area contributed by atoms with Crippen molar-refractivity contribution in [3.63, 3.8) is 0 Å². The van der Waals surface area contributed by atoms with Crippen LogP contribution < -0.4 is 9.80 Å². The first-order valence-corrected chi connectivity index (χ1v) is 9.60. The van der Waals surface area contributed by atoms with Gasteiger partial charge in [0.1, 0.15) is 17.5 Å². The summed E-state index contributed by atoms with van der Waals surface area (Å²) in [6.07, 6.45) is -0.222. The first kappa shape index (κ1) is 18.7. The van der Waals surface area contributed by atoms with Gasteiger partial charge in [0, 0.05) is 58.4 Å². The van der Waals surface area contributed by atoms with Gasteiger partial charge in [-0.25, -0.2) is 14.8 Å². The lowest BCUT2D eigenvalue weighted by Crippen LogP contribution is -2.49. The first-order chi connectivity index (χ1) is 12.6. The van der Waals surface area contributed by atoms with Crippen LogP contribution >= 0.6 is 0 Å². The zero-order valence-corrected chi connectivity index (χ0v) is 16.1. The fourth-order valence-corrected chi connectivity index (χ4v) is 3.49. The summed E-state index contributed by atoms with van der Waals surface area (Å²) in [4.78, 5) is 29.9. The number of aryl methyl sites for hydroxylation is 1. The minimum Gasteiger partial charge on any atom is -0.450 e. The number of ether oxygens (including phenoxy) is 1. The molecule has 0 aromatic carbocycles. The van der Waals surface area contributed by atoms with E-state index in [0.29, 0.717) is 19.7 Å². The number of hydrogen-bond donors (Lipinski definition) is 0. The number of rotatable bonds is 4. The Labute approximate surface area is 155 Å². The van der Waals surface area contributed by atoms with Crippen molar-refractivity contribution >= 4 is 17.7 Å². The van der Waals surface area contributed by atoms with Crippen molar-refractivity contribution in [3.8, 4) is 0 Å². The molecule has 144 valence electrons. The maximum absolute atomic E-state index is 11.9. The zero-order valence-electron chi connectivity index (χ0n) is 16.1. The van der Waals surface area contributed by atoms with Crippen molar-refractivity contribution in [1.82, 2.24) is 19.8 Å². The largest absolute Gasteiger partial charge is 0.450 e. The molecule has 1 aromatic rings. The smallest absolute Gasteiger partial charge is 0.409 e. The molecule has 0 atom stereocenters. The number of nitrogens with zero attached hydrogens (tertiary/aromatic N) is 6. The molecular formula is C18H30N6O2. The highest BCUT2D eigenvalue weighted by molar-refractivity contribution is 5.68. The maximum atomic E-state index is 11.9. The number of likely N-dealkylation sites (N-methyl/N-ethyl adjacent to an activating group) is 1. The molecule has 0 spiro atoms. The third kappa shape index (κ3) is 4.35. The summed E-state index contributed by atoms with van der Waals surface area (Å²) in [5.41, 5.74) is 0. The van der Waals surface area contributed by atoms with Crippen molar-refractivity contribution in [2.24, 2.45) is 0 Å². The van der Waals surface area contributed by atoms with E-state index in [1.807, 2.05) is 13.8 Å². The minimum atomic E-state index is -0.222. The van der Waals surface area contributed by atoms with Gasteiger partial charge in [-0.15, -0.1) is 0 Å². The minimum absolute atomic E-state index is 0.222. The van der Waals surface area contributed by atoms with Crippen LogP contribution in [0, 0.1) is 6.92 Å². The molecule has 0 N–H and O–H groups in total. The molecule has 2 saturated heterocycles. The van der Waals surface area contributed by atoms with Crippen molar-refractivity contribution in [2.45, 2.75) is 20.8 Å². The van der Waals surface area contributed by atoms with Gasteiger partial charge in [-0.1, -0.05) is 6.92 Å². The lowest BCUT2D eigenvalue weighted by molar-refractivity contribution is 0.105. The standard InChI is InChI=1S/C18H30N6O2/c1-4-21-6-8-22(9-7-21)16-14-17(20-15(3)19-16)23-10-12-24(13-11-23)18(25)26-5-2/h14H,4-13H2,1-3H3. The Balaban J connectivity index is 1.64. The van der Waals surface area contributed by atoms with E-state index in [9.17, 15) is 4.79 Å². The molecule has 2 fully saturated rings. The first-order valence-electron chi connectivity index (χ1n) is 9.60. The predicted molar refractivity (Wildman–Crippen MR) is 102 cm³/mol. The van der Waals surface area contributed by atoms with E-state index in [4.69, 9.17) is 4.74 Å². The third-order valence-electron chi connectivity index (χ3n) is 5.08. The van der Waals surface area contributed by atoms with Gasteiger partial charge in [-0.05, 0) is 20.4 Å². The molecule has 8 nitrogen and oxygen atoms in total. The summed E-state index contributed by atoms with van der Waals surface area (Å²) < 4.78 is 5.09. The average Bonchev–Trinajstić information content (AvgIpc) is 2.68. The lowest BCUT2D eigenvalue weighted by Gasteiger charge is -2.37. The van der Waals surface area contributed by atoms with Crippen LogP contribution in [0.15, 0.2) is 6.07 Å². The van der Waals surface area contributed by atoms with Gasteiger partial charge in [0.2, 0.25) is 0 Å². The van der Waals surface area contributed by atoms with E-state index in [1.165, 1.54) is 0 Å². The summed E-state index contributed by atoms with van der Waals surface area (Å²) >= 11 is 0. The summed E-state index contributed by atoms with van der Waals surface area (Å²) in [7, 11) is 0. The molecular weight excluding hydrogens is 332 g/mol. The Kier molecular flexibility index (Phi) is 6.13. The van der Waals surface area contributed by atoms with E-state index < -0.39 is 0 Å². The number of hydrogen-bond acceptors (Lipinski definition) is 7. The molecule has 3 heterocycles. The summed E-state index contributed by atoms with van der Waals surface area (Å²) in [5.74, 6) is 2.76. The lowest BCUT2D eigenvalue weighted by atomic mass is 10.3. The van der Waals surface area contributed by atoms with Gasteiger partial charge < -0.3 is 24.3 Å². The van der Waals surface area contributed by atoms with Crippen LogP contribution in [0.1, 0.15) is 19.7 Å². The Morgan fingerprint density at radius 1 is 0.962 bits per heavy atom. The van der Waals surface area contributed by atoms with Crippen LogP contribution in [0.5, 0.6) is 0 Å². The molecule has 1 aromatic heterocycles. The quantitative estimate of drug-likeness (QED) is 0.797. The summed E-state index contributed by atoms with van der Waals surface area (Å²) in [5, 5.41) is 0. The molecule has 0 radical (unpaired) electrons. The Morgan fingerprint density at radius 3 is 2.00 bits per heavy atom. The van der Waals surface area contributed by atoms with Crippen LogP contribution in [-0.4, -0.2) is 91.4 Å². The van der Waals surface area contributed by atoms with Gasteiger partial charge in [-0.2, -0.15) is 0 Å². The van der Waals surface area contributed by atoms with Crippen LogP contribution in [0.2, 0.25) is 0 Å². The molecule has 26 heavy (non-hydrogen) atoms. The molecule has 2 aliphatic heterocycles. The second-order valence-electron chi connectivity index (χ2n) is 6.73. The number of carbonyl (C=O) groups excluding carboxylic acids is 1. The molecule has 3 rings (SSSR count). The topological polar surface area (TPSA) is 65.0 Å². The Hall–Kier alpha value is -2.09. The molecule has 0 saturated carbocycles. The molecule has 0 aliphatic carbocycles. The molecule has 0 bridgehead atoms. The van der Waals surface area contributed by atoms with Crippen LogP contribution in [-0.2, 0) is 4.74 Å². The van der Waals surface area contributed by atoms with E-state index in [-0.39, 0.29) is 6.09 Å². The average molecular weight is 362 g/mol. The fourth-order valence-electron chi connectivity index (χ4n) is 3.49. The highest BCUT2D eigenvalue weighted by atomic mass is 16.6. The molecule has 2 aliphatic rings. The Bertz CT molecular complexity index is 610. The van der Waals surface area contributed by atoms with Crippen LogP contribution in [0.25, 0.3) is 0 Å².